The fraction of sp³-hybridized carbons (Fsp3) is 0.214. The van der Waals surface area contributed by atoms with Gasteiger partial charge < -0.3 is 15.6 Å². The van der Waals surface area contributed by atoms with Crippen molar-refractivity contribution in [1.29, 1.82) is 0 Å². The molecule has 0 spiro atoms. The number of halogens is 1. The van der Waals surface area contributed by atoms with Gasteiger partial charge in [0, 0.05) is 12.6 Å². The Hall–Kier alpha value is -2.72. The Morgan fingerprint density at radius 3 is 3.00 bits per heavy atom. The van der Waals surface area contributed by atoms with Crippen molar-refractivity contribution in [2.24, 2.45) is 12.8 Å². The van der Waals surface area contributed by atoms with Crippen molar-refractivity contribution in [1.82, 2.24) is 20.1 Å². The lowest BCUT2D eigenvalue weighted by molar-refractivity contribution is 0.0949. The summed E-state index contributed by atoms with van der Waals surface area (Å²) in [4.78, 5) is 12.2. The van der Waals surface area contributed by atoms with Crippen LogP contribution in [0.1, 0.15) is 21.7 Å². The second-order valence-corrected chi connectivity index (χ2v) is 4.24. The molecule has 0 aliphatic heterocycles. The van der Waals surface area contributed by atoms with Crippen molar-refractivity contribution in [2.75, 3.05) is 6.54 Å². The predicted molar refractivity (Wildman–Crippen MR) is 74.5 cm³/mol. The number of hydrogen-bond acceptors (Lipinski definition) is 4. The summed E-state index contributed by atoms with van der Waals surface area (Å²) in [5, 5.41) is 10.2. The molecule has 6 nitrogen and oxygen atoms in total. The molecule has 1 amide bonds. The van der Waals surface area contributed by atoms with E-state index in [1.165, 1.54) is 18.5 Å². The van der Waals surface area contributed by atoms with Crippen LogP contribution in [0.5, 0.6) is 0 Å². The van der Waals surface area contributed by atoms with Gasteiger partial charge in [0.25, 0.3) is 5.91 Å². The Morgan fingerprint density at radius 1 is 1.52 bits per heavy atom. The zero-order valence-electron chi connectivity index (χ0n) is 11.4. The average Bonchev–Trinajstić information content (AvgIpc) is 2.88. The normalized spacial score (nSPS) is 9.86. The van der Waals surface area contributed by atoms with Crippen molar-refractivity contribution >= 4 is 5.91 Å². The number of amides is 1. The van der Waals surface area contributed by atoms with Gasteiger partial charge in [0.15, 0.2) is 5.82 Å². The number of aromatic nitrogens is 3. The average molecular weight is 287 g/mol. The molecule has 7 heteroatoms. The van der Waals surface area contributed by atoms with Gasteiger partial charge >= 0.3 is 0 Å². The minimum absolute atomic E-state index is 0.164. The molecular formula is C14H14FN5O. The van der Waals surface area contributed by atoms with E-state index in [2.05, 4.69) is 27.4 Å². The highest BCUT2D eigenvalue weighted by Crippen LogP contribution is 2.10. The number of aryl methyl sites for hydroxylation is 1. The third kappa shape index (κ3) is 3.64. The molecule has 0 fully saturated rings. The highest BCUT2D eigenvalue weighted by molar-refractivity contribution is 5.96. The molecule has 2 rings (SSSR count). The van der Waals surface area contributed by atoms with Gasteiger partial charge in [-0.25, -0.2) is 4.39 Å². The third-order valence-electron chi connectivity index (χ3n) is 2.76. The van der Waals surface area contributed by atoms with E-state index < -0.39 is 11.7 Å². The summed E-state index contributed by atoms with van der Waals surface area (Å²) in [5.74, 6) is 5.05. The molecule has 0 bridgehead atoms. The molecule has 3 N–H and O–H groups in total. The number of nitrogens with zero attached hydrogens (tertiary/aromatic N) is 3. The first-order valence-corrected chi connectivity index (χ1v) is 6.21. The maximum Gasteiger partial charge on any atom is 0.253 e. The Labute approximate surface area is 121 Å². The SMILES string of the molecule is Cn1cnnc1CNC(=O)c1cc(F)ccc1C#CCN. The summed E-state index contributed by atoms with van der Waals surface area (Å²) in [6.45, 7) is 0.354. The molecule has 0 aliphatic rings. The van der Waals surface area contributed by atoms with Crippen LogP contribution in [0.4, 0.5) is 4.39 Å². The maximum atomic E-state index is 13.3. The molecule has 1 aromatic carbocycles. The van der Waals surface area contributed by atoms with E-state index in [4.69, 9.17) is 5.73 Å². The van der Waals surface area contributed by atoms with E-state index in [1.807, 2.05) is 0 Å². The van der Waals surface area contributed by atoms with Crippen LogP contribution < -0.4 is 11.1 Å². The minimum atomic E-state index is -0.503. The van der Waals surface area contributed by atoms with Crippen molar-refractivity contribution in [3.63, 3.8) is 0 Å². The highest BCUT2D eigenvalue weighted by Gasteiger charge is 2.12. The number of benzene rings is 1. The van der Waals surface area contributed by atoms with Gasteiger partial charge in [-0.05, 0) is 18.2 Å². The largest absolute Gasteiger partial charge is 0.345 e. The third-order valence-corrected chi connectivity index (χ3v) is 2.76. The van der Waals surface area contributed by atoms with Crippen LogP contribution in [0.25, 0.3) is 0 Å². The number of carbonyl (C=O) groups excluding carboxylic acids is 1. The van der Waals surface area contributed by atoms with Crippen molar-refractivity contribution in [2.45, 2.75) is 6.54 Å². The van der Waals surface area contributed by atoms with Crippen LogP contribution in [-0.4, -0.2) is 27.2 Å². The van der Waals surface area contributed by atoms with Gasteiger partial charge in [-0.3, -0.25) is 4.79 Å². The zero-order chi connectivity index (χ0) is 15.2. The fourth-order valence-electron chi connectivity index (χ4n) is 1.68. The maximum absolute atomic E-state index is 13.3. The summed E-state index contributed by atoms with van der Waals surface area (Å²) < 4.78 is 15.0. The van der Waals surface area contributed by atoms with Crippen LogP contribution >= 0.6 is 0 Å². The fourth-order valence-corrected chi connectivity index (χ4v) is 1.68. The lowest BCUT2D eigenvalue weighted by atomic mass is 10.1. The van der Waals surface area contributed by atoms with Gasteiger partial charge in [-0.2, -0.15) is 0 Å². The molecule has 108 valence electrons. The monoisotopic (exact) mass is 287 g/mol. The van der Waals surface area contributed by atoms with Gasteiger partial charge in [-0.1, -0.05) is 11.8 Å². The molecule has 21 heavy (non-hydrogen) atoms. The first kappa shape index (κ1) is 14.7. The number of carbonyl (C=O) groups is 1. The summed E-state index contributed by atoms with van der Waals surface area (Å²) >= 11 is 0. The number of rotatable bonds is 3. The molecule has 0 atom stereocenters. The van der Waals surface area contributed by atoms with Crippen molar-refractivity contribution in [3.05, 3.63) is 47.3 Å². The molecule has 0 saturated carbocycles. The first-order valence-electron chi connectivity index (χ1n) is 6.21. The van der Waals surface area contributed by atoms with E-state index in [0.29, 0.717) is 11.4 Å². The molecular weight excluding hydrogens is 273 g/mol. The molecule has 2 aromatic rings. The summed E-state index contributed by atoms with van der Waals surface area (Å²) in [5.41, 5.74) is 5.90. The topological polar surface area (TPSA) is 85.8 Å². The summed E-state index contributed by atoms with van der Waals surface area (Å²) in [6.07, 6.45) is 1.53. The van der Waals surface area contributed by atoms with Crippen molar-refractivity contribution in [3.8, 4) is 11.8 Å². The van der Waals surface area contributed by atoms with E-state index in [9.17, 15) is 9.18 Å². The molecule has 1 heterocycles. The van der Waals surface area contributed by atoms with E-state index in [0.717, 1.165) is 6.07 Å². The Kier molecular flexibility index (Phi) is 4.64. The molecule has 1 aromatic heterocycles. The Balaban J connectivity index is 2.18. The standard InChI is InChI=1S/C14H14FN5O/c1-20-9-18-19-13(20)8-17-14(21)12-7-11(15)5-4-10(12)3-2-6-16/h4-5,7,9H,6,8,16H2,1H3,(H,17,21). The van der Waals surface area contributed by atoms with Gasteiger partial charge in [0.05, 0.1) is 18.7 Å². The van der Waals surface area contributed by atoms with E-state index in [-0.39, 0.29) is 18.7 Å². The van der Waals surface area contributed by atoms with Gasteiger partial charge in [0.2, 0.25) is 0 Å². The van der Waals surface area contributed by atoms with Crippen LogP contribution in [0.3, 0.4) is 0 Å². The quantitative estimate of drug-likeness (QED) is 0.789. The minimum Gasteiger partial charge on any atom is -0.345 e. The first-order chi connectivity index (χ1) is 10.1. The summed E-state index contributed by atoms with van der Waals surface area (Å²) in [7, 11) is 1.77. The van der Waals surface area contributed by atoms with Crippen LogP contribution in [0.2, 0.25) is 0 Å². The van der Waals surface area contributed by atoms with E-state index >= 15 is 0 Å². The smallest absolute Gasteiger partial charge is 0.253 e. The van der Waals surface area contributed by atoms with Crippen LogP contribution in [-0.2, 0) is 13.6 Å². The summed E-state index contributed by atoms with van der Waals surface area (Å²) in [6, 6.07) is 3.85. The molecule has 0 aliphatic carbocycles. The van der Waals surface area contributed by atoms with Crippen LogP contribution in [0.15, 0.2) is 24.5 Å². The lowest BCUT2D eigenvalue weighted by Crippen LogP contribution is -2.25. The second-order valence-electron chi connectivity index (χ2n) is 4.24. The second kappa shape index (κ2) is 6.63. The highest BCUT2D eigenvalue weighted by atomic mass is 19.1. The van der Waals surface area contributed by atoms with Gasteiger partial charge in [-0.15, -0.1) is 10.2 Å². The van der Waals surface area contributed by atoms with Crippen molar-refractivity contribution < 1.29 is 9.18 Å². The number of hydrogen-bond donors (Lipinski definition) is 2. The van der Waals surface area contributed by atoms with E-state index in [1.54, 1.807) is 11.6 Å². The Morgan fingerprint density at radius 2 is 2.33 bits per heavy atom. The number of nitrogens with two attached hydrogens (primary N) is 1. The molecule has 0 unspecified atom stereocenters. The van der Waals surface area contributed by atoms with Gasteiger partial charge in [0.1, 0.15) is 12.1 Å². The lowest BCUT2D eigenvalue weighted by Gasteiger charge is -2.07. The number of nitrogens with one attached hydrogen (secondary N) is 1. The van der Waals surface area contributed by atoms with Crippen LogP contribution in [0, 0.1) is 17.7 Å². The molecule has 0 radical (unpaired) electrons. The molecule has 0 saturated heterocycles. The Bertz CT molecular complexity index is 714. The predicted octanol–water partition coefficient (Wildman–Crippen LogP) is 0.194. The zero-order valence-corrected chi connectivity index (χ0v) is 11.4.